The fourth-order valence-corrected chi connectivity index (χ4v) is 4.07. The number of rotatable bonds is 7. The van der Waals surface area contributed by atoms with E-state index in [4.69, 9.17) is 0 Å². The van der Waals surface area contributed by atoms with Gasteiger partial charge in [-0.2, -0.15) is 0 Å². The SMILES string of the molecule is COC(=O)NCCC[C@@](O)(c1ccccc1-c1cccnc1)[C@@H]1CCCNC1. The van der Waals surface area contributed by atoms with E-state index in [0.717, 1.165) is 42.6 Å². The van der Waals surface area contributed by atoms with Gasteiger partial charge in [-0.15, -0.1) is 0 Å². The average molecular weight is 383 g/mol. The smallest absolute Gasteiger partial charge is 0.406 e. The van der Waals surface area contributed by atoms with Crippen molar-refractivity contribution < 1.29 is 14.6 Å². The molecule has 0 saturated carbocycles. The van der Waals surface area contributed by atoms with Gasteiger partial charge in [-0.3, -0.25) is 4.98 Å². The molecule has 28 heavy (non-hydrogen) atoms. The summed E-state index contributed by atoms with van der Waals surface area (Å²) in [5.41, 5.74) is 1.94. The molecule has 0 bridgehead atoms. The Morgan fingerprint density at radius 2 is 2.21 bits per heavy atom. The van der Waals surface area contributed by atoms with Crippen LogP contribution in [0.5, 0.6) is 0 Å². The number of benzene rings is 1. The first kappa shape index (κ1) is 20.3. The highest BCUT2D eigenvalue weighted by molar-refractivity contribution is 5.68. The number of nitrogens with one attached hydrogen (secondary N) is 2. The lowest BCUT2D eigenvalue weighted by molar-refractivity contribution is -0.0415. The summed E-state index contributed by atoms with van der Waals surface area (Å²) in [6.45, 7) is 2.23. The van der Waals surface area contributed by atoms with Crippen LogP contribution in [0.1, 0.15) is 31.2 Å². The van der Waals surface area contributed by atoms with Gasteiger partial charge in [0.2, 0.25) is 0 Å². The number of piperidine rings is 1. The number of ether oxygens (including phenoxy) is 1. The normalized spacial score (nSPS) is 18.9. The van der Waals surface area contributed by atoms with Gasteiger partial charge in [-0.05, 0) is 49.4 Å². The van der Waals surface area contributed by atoms with Crippen molar-refractivity contribution in [2.24, 2.45) is 5.92 Å². The van der Waals surface area contributed by atoms with Gasteiger partial charge in [0, 0.05) is 37.0 Å². The van der Waals surface area contributed by atoms with Crippen LogP contribution in [0.3, 0.4) is 0 Å². The van der Waals surface area contributed by atoms with E-state index in [-0.39, 0.29) is 5.92 Å². The van der Waals surface area contributed by atoms with Crippen LogP contribution in [0.15, 0.2) is 48.8 Å². The molecule has 6 nitrogen and oxygen atoms in total. The molecule has 1 aromatic heterocycles. The van der Waals surface area contributed by atoms with E-state index < -0.39 is 11.7 Å². The fraction of sp³-hybridized carbons (Fsp3) is 0.455. The number of amides is 1. The lowest BCUT2D eigenvalue weighted by Gasteiger charge is -2.40. The van der Waals surface area contributed by atoms with Gasteiger partial charge < -0.3 is 20.5 Å². The summed E-state index contributed by atoms with van der Waals surface area (Å²) in [5.74, 6) is 0.109. The van der Waals surface area contributed by atoms with Crippen molar-refractivity contribution in [2.75, 3.05) is 26.7 Å². The largest absolute Gasteiger partial charge is 0.453 e. The number of aromatic nitrogens is 1. The van der Waals surface area contributed by atoms with Crippen LogP contribution in [-0.2, 0) is 10.3 Å². The molecular formula is C22H29N3O3. The molecule has 150 valence electrons. The molecule has 0 unspecified atom stereocenters. The van der Waals surface area contributed by atoms with Crippen LogP contribution >= 0.6 is 0 Å². The third-order valence-electron chi connectivity index (χ3n) is 5.53. The maximum absolute atomic E-state index is 12.0. The van der Waals surface area contributed by atoms with Gasteiger partial charge in [0.1, 0.15) is 0 Å². The minimum atomic E-state index is -0.988. The van der Waals surface area contributed by atoms with E-state index in [0.29, 0.717) is 19.4 Å². The highest BCUT2D eigenvalue weighted by Crippen LogP contribution is 2.42. The van der Waals surface area contributed by atoms with Crippen molar-refractivity contribution in [1.29, 1.82) is 0 Å². The van der Waals surface area contributed by atoms with Crippen LogP contribution in [0.2, 0.25) is 0 Å². The number of aliphatic hydroxyl groups is 1. The monoisotopic (exact) mass is 383 g/mol. The Morgan fingerprint density at radius 3 is 2.93 bits per heavy atom. The van der Waals surface area contributed by atoms with Crippen molar-refractivity contribution in [1.82, 2.24) is 15.6 Å². The van der Waals surface area contributed by atoms with Crippen molar-refractivity contribution in [2.45, 2.75) is 31.3 Å². The summed E-state index contributed by atoms with van der Waals surface area (Å²) in [7, 11) is 1.35. The topological polar surface area (TPSA) is 83.5 Å². The van der Waals surface area contributed by atoms with E-state index >= 15 is 0 Å². The second-order valence-corrected chi connectivity index (χ2v) is 7.28. The third-order valence-corrected chi connectivity index (χ3v) is 5.53. The number of carbonyl (C=O) groups is 1. The van der Waals surface area contributed by atoms with Gasteiger partial charge in [-0.25, -0.2) is 4.79 Å². The summed E-state index contributed by atoms with van der Waals surface area (Å²) in [5, 5.41) is 18.1. The Morgan fingerprint density at radius 1 is 1.36 bits per heavy atom. The first-order valence-electron chi connectivity index (χ1n) is 9.90. The van der Waals surface area contributed by atoms with Crippen molar-refractivity contribution in [3.8, 4) is 11.1 Å². The predicted octanol–water partition coefficient (Wildman–Crippen LogP) is 3.07. The van der Waals surface area contributed by atoms with E-state index in [1.807, 2.05) is 42.6 Å². The molecule has 0 aliphatic carbocycles. The number of methoxy groups -OCH3 is 1. The van der Waals surface area contributed by atoms with Crippen LogP contribution in [0.25, 0.3) is 11.1 Å². The predicted molar refractivity (Wildman–Crippen MR) is 109 cm³/mol. The molecule has 3 N–H and O–H groups in total. The van der Waals surface area contributed by atoms with Crippen molar-refractivity contribution >= 4 is 6.09 Å². The molecule has 2 heterocycles. The second-order valence-electron chi connectivity index (χ2n) is 7.28. The minimum absolute atomic E-state index is 0.109. The first-order chi connectivity index (χ1) is 13.6. The fourth-order valence-electron chi connectivity index (χ4n) is 4.07. The summed E-state index contributed by atoms with van der Waals surface area (Å²) in [6.07, 6.45) is 6.36. The lowest BCUT2D eigenvalue weighted by Crippen LogP contribution is -2.45. The van der Waals surface area contributed by atoms with E-state index in [1.165, 1.54) is 7.11 Å². The minimum Gasteiger partial charge on any atom is -0.453 e. The Balaban J connectivity index is 1.90. The van der Waals surface area contributed by atoms with Crippen LogP contribution in [0, 0.1) is 5.92 Å². The molecule has 1 amide bonds. The van der Waals surface area contributed by atoms with Gasteiger partial charge in [0.25, 0.3) is 0 Å². The molecule has 1 fully saturated rings. The quantitative estimate of drug-likeness (QED) is 0.640. The van der Waals surface area contributed by atoms with Gasteiger partial charge in [0.05, 0.1) is 12.7 Å². The number of hydrogen-bond donors (Lipinski definition) is 3. The van der Waals surface area contributed by atoms with Crippen LogP contribution in [0.4, 0.5) is 4.79 Å². The molecule has 1 saturated heterocycles. The van der Waals surface area contributed by atoms with Crippen molar-refractivity contribution in [3.05, 3.63) is 54.4 Å². The molecule has 6 heteroatoms. The number of nitrogens with zero attached hydrogens (tertiary/aromatic N) is 1. The number of hydrogen-bond acceptors (Lipinski definition) is 5. The van der Waals surface area contributed by atoms with Crippen LogP contribution in [-0.4, -0.2) is 42.9 Å². The standard InChI is InChI=1S/C22H29N3O3/c1-28-21(26)25-14-6-11-22(27,18-8-5-13-24-16-18)20-10-3-2-9-19(20)17-7-4-12-23-15-17/h2-4,7,9-10,12,15,18,24,27H,5-6,8,11,13-14,16H2,1H3,(H,25,26)/t18-,22+/m1/s1. The van der Waals surface area contributed by atoms with E-state index in [9.17, 15) is 9.90 Å². The Bertz CT molecular complexity index is 763. The molecule has 1 aliphatic rings. The number of alkyl carbamates (subject to hydrolysis) is 1. The van der Waals surface area contributed by atoms with E-state index in [1.54, 1.807) is 6.20 Å². The highest BCUT2D eigenvalue weighted by atomic mass is 16.5. The van der Waals surface area contributed by atoms with E-state index in [2.05, 4.69) is 20.4 Å². The molecule has 1 aliphatic heterocycles. The lowest BCUT2D eigenvalue weighted by atomic mass is 9.72. The molecule has 1 aromatic carbocycles. The number of carbonyl (C=O) groups excluding carboxylic acids is 1. The third kappa shape index (κ3) is 4.69. The molecule has 2 atom stereocenters. The molecule has 0 spiro atoms. The zero-order valence-corrected chi connectivity index (χ0v) is 16.4. The molecular weight excluding hydrogens is 354 g/mol. The van der Waals surface area contributed by atoms with Gasteiger partial charge >= 0.3 is 6.09 Å². The maximum Gasteiger partial charge on any atom is 0.406 e. The maximum atomic E-state index is 12.0. The zero-order valence-electron chi connectivity index (χ0n) is 16.4. The zero-order chi connectivity index (χ0) is 19.8. The molecule has 2 aromatic rings. The van der Waals surface area contributed by atoms with Crippen LogP contribution < -0.4 is 10.6 Å². The van der Waals surface area contributed by atoms with Crippen molar-refractivity contribution in [3.63, 3.8) is 0 Å². The molecule has 3 rings (SSSR count). The first-order valence-corrected chi connectivity index (χ1v) is 9.90. The summed E-state index contributed by atoms with van der Waals surface area (Å²) >= 11 is 0. The Labute approximate surface area is 166 Å². The highest BCUT2D eigenvalue weighted by Gasteiger charge is 2.40. The summed E-state index contributed by atoms with van der Waals surface area (Å²) in [6, 6.07) is 12.0. The van der Waals surface area contributed by atoms with Gasteiger partial charge in [0.15, 0.2) is 0 Å². The second kappa shape index (κ2) is 9.66. The Kier molecular flexibility index (Phi) is 7.01. The van der Waals surface area contributed by atoms with Gasteiger partial charge in [-0.1, -0.05) is 30.3 Å². The summed E-state index contributed by atoms with van der Waals surface area (Å²) < 4.78 is 4.63. The number of pyridine rings is 1. The average Bonchev–Trinajstić information content (AvgIpc) is 2.77. The summed E-state index contributed by atoms with van der Waals surface area (Å²) in [4.78, 5) is 15.6. The Hall–Kier alpha value is -2.44. The molecule has 0 radical (unpaired) electrons.